The molecule has 134 valence electrons. The maximum Gasteiger partial charge on any atom is 0.246 e. The summed E-state index contributed by atoms with van der Waals surface area (Å²) in [6.07, 6.45) is 0. The van der Waals surface area contributed by atoms with E-state index >= 15 is 0 Å². The molecule has 2 aromatic carbocycles. The van der Waals surface area contributed by atoms with E-state index in [1.54, 1.807) is 7.11 Å². The van der Waals surface area contributed by atoms with E-state index in [2.05, 4.69) is 4.90 Å². The number of hydrogen-bond acceptors (Lipinski definition) is 4. The average molecular weight is 364 g/mol. The maximum atomic E-state index is 13.8. The molecule has 25 heavy (non-hydrogen) atoms. The Morgan fingerprint density at radius 3 is 2.44 bits per heavy atom. The van der Waals surface area contributed by atoms with Crippen molar-refractivity contribution >= 4 is 10.0 Å². The fraction of sp³-hybridized carbons (Fsp3) is 0.333. The van der Waals surface area contributed by atoms with E-state index in [4.69, 9.17) is 4.74 Å². The second kappa shape index (κ2) is 7.51. The van der Waals surface area contributed by atoms with E-state index in [1.807, 2.05) is 24.3 Å². The summed E-state index contributed by atoms with van der Waals surface area (Å²) in [4.78, 5) is 1.93. The lowest BCUT2D eigenvalue weighted by molar-refractivity contribution is 0.181. The Kier molecular flexibility index (Phi) is 5.36. The monoisotopic (exact) mass is 364 g/mol. The number of rotatable bonds is 5. The highest BCUT2D eigenvalue weighted by atomic mass is 32.2. The van der Waals surface area contributed by atoms with Gasteiger partial charge in [0.15, 0.2) is 0 Å². The molecule has 0 unspecified atom stereocenters. The molecule has 7 heteroatoms. The van der Waals surface area contributed by atoms with Crippen LogP contribution in [0, 0.1) is 5.82 Å². The van der Waals surface area contributed by atoms with Crippen molar-refractivity contribution in [3.05, 3.63) is 59.9 Å². The van der Waals surface area contributed by atoms with Crippen molar-refractivity contribution < 1.29 is 17.5 Å². The van der Waals surface area contributed by atoms with Gasteiger partial charge in [-0.2, -0.15) is 4.31 Å². The summed E-state index contributed by atoms with van der Waals surface area (Å²) in [7, 11) is -2.16. The molecule has 0 aliphatic carbocycles. The molecule has 1 aliphatic rings. The molecule has 1 saturated heterocycles. The zero-order valence-corrected chi connectivity index (χ0v) is 14.9. The van der Waals surface area contributed by atoms with Crippen LogP contribution in [-0.4, -0.2) is 50.9 Å². The van der Waals surface area contributed by atoms with E-state index in [0.717, 1.165) is 17.9 Å². The Hall–Kier alpha value is -1.96. The molecule has 0 saturated carbocycles. The lowest BCUT2D eigenvalue weighted by atomic mass is 10.2. The third-order valence-corrected chi connectivity index (χ3v) is 6.26. The van der Waals surface area contributed by atoms with Gasteiger partial charge in [-0.05, 0) is 29.8 Å². The van der Waals surface area contributed by atoms with Crippen LogP contribution in [0.3, 0.4) is 0 Å². The SMILES string of the molecule is COc1cccc(CN2CCN(S(=O)(=O)c3ccccc3F)CC2)c1. The molecule has 0 amide bonds. The lowest BCUT2D eigenvalue weighted by Crippen LogP contribution is -2.48. The molecule has 0 atom stereocenters. The van der Waals surface area contributed by atoms with Crippen molar-refractivity contribution in [3.8, 4) is 5.75 Å². The van der Waals surface area contributed by atoms with Gasteiger partial charge in [0.1, 0.15) is 16.5 Å². The van der Waals surface area contributed by atoms with Crippen LogP contribution in [0.5, 0.6) is 5.75 Å². The Balaban J connectivity index is 1.64. The maximum absolute atomic E-state index is 13.8. The molecule has 1 aliphatic heterocycles. The molecule has 0 N–H and O–H groups in total. The zero-order valence-electron chi connectivity index (χ0n) is 14.1. The van der Waals surface area contributed by atoms with Gasteiger partial charge in [-0.25, -0.2) is 12.8 Å². The molecule has 1 heterocycles. The Morgan fingerprint density at radius 2 is 1.76 bits per heavy atom. The average Bonchev–Trinajstić information content (AvgIpc) is 2.62. The van der Waals surface area contributed by atoms with Crippen molar-refractivity contribution in [3.63, 3.8) is 0 Å². The van der Waals surface area contributed by atoms with Crippen molar-refractivity contribution in [2.45, 2.75) is 11.4 Å². The third-order valence-electron chi connectivity index (χ3n) is 4.33. The van der Waals surface area contributed by atoms with Gasteiger partial charge < -0.3 is 4.74 Å². The third kappa shape index (κ3) is 4.00. The van der Waals surface area contributed by atoms with Crippen LogP contribution in [0.15, 0.2) is 53.4 Å². The summed E-state index contributed by atoms with van der Waals surface area (Å²) in [6.45, 7) is 2.63. The van der Waals surface area contributed by atoms with Crippen LogP contribution in [0.4, 0.5) is 4.39 Å². The van der Waals surface area contributed by atoms with Crippen LogP contribution in [0.25, 0.3) is 0 Å². The van der Waals surface area contributed by atoms with Gasteiger partial charge in [0.05, 0.1) is 7.11 Å². The number of sulfonamides is 1. The second-order valence-electron chi connectivity index (χ2n) is 5.96. The second-order valence-corrected chi connectivity index (χ2v) is 7.87. The van der Waals surface area contributed by atoms with Gasteiger partial charge in [-0.1, -0.05) is 24.3 Å². The summed E-state index contributed by atoms with van der Waals surface area (Å²) >= 11 is 0. The highest BCUT2D eigenvalue weighted by Crippen LogP contribution is 2.21. The highest BCUT2D eigenvalue weighted by Gasteiger charge is 2.30. The van der Waals surface area contributed by atoms with Gasteiger partial charge in [0.2, 0.25) is 10.0 Å². The van der Waals surface area contributed by atoms with E-state index < -0.39 is 15.8 Å². The first kappa shape index (κ1) is 17.8. The summed E-state index contributed by atoms with van der Waals surface area (Å²) < 4.78 is 45.6. The Morgan fingerprint density at radius 1 is 1.04 bits per heavy atom. The molecule has 5 nitrogen and oxygen atoms in total. The summed E-state index contributed by atoms with van der Waals surface area (Å²) in [5.41, 5.74) is 1.12. The molecule has 0 spiro atoms. The minimum atomic E-state index is -3.79. The van der Waals surface area contributed by atoms with Gasteiger partial charge >= 0.3 is 0 Å². The molecular formula is C18H21FN2O3S. The molecule has 3 rings (SSSR count). The number of ether oxygens (including phenoxy) is 1. The molecule has 2 aromatic rings. The smallest absolute Gasteiger partial charge is 0.246 e. The van der Waals surface area contributed by atoms with Crippen molar-refractivity contribution in [2.75, 3.05) is 33.3 Å². The van der Waals surface area contributed by atoms with Crippen LogP contribution in [0.2, 0.25) is 0 Å². The first-order valence-corrected chi connectivity index (χ1v) is 9.54. The van der Waals surface area contributed by atoms with Gasteiger partial charge in [-0.3, -0.25) is 4.90 Å². The first-order valence-electron chi connectivity index (χ1n) is 8.10. The fourth-order valence-corrected chi connectivity index (χ4v) is 4.44. The molecule has 1 fully saturated rings. The standard InChI is InChI=1S/C18H21FN2O3S/c1-24-16-6-4-5-15(13-16)14-20-9-11-21(12-10-20)25(22,23)18-8-3-2-7-17(18)19/h2-8,13H,9-12,14H2,1H3. The predicted molar refractivity (Wildman–Crippen MR) is 93.4 cm³/mol. The highest BCUT2D eigenvalue weighted by molar-refractivity contribution is 7.89. The predicted octanol–water partition coefficient (Wildman–Crippen LogP) is 2.34. The van der Waals surface area contributed by atoms with E-state index in [-0.39, 0.29) is 4.90 Å². The van der Waals surface area contributed by atoms with Crippen LogP contribution in [0.1, 0.15) is 5.56 Å². The van der Waals surface area contributed by atoms with E-state index in [9.17, 15) is 12.8 Å². The van der Waals surface area contributed by atoms with Gasteiger partial charge in [-0.15, -0.1) is 0 Å². The van der Waals surface area contributed by atoms with Crippen molar-refractivity contribution in [2.24, 2.45) is 0 Å². The minimum Gasteiger partial charge on any atom is -0.497 e. The number of piperazine rings is 1. The molecule has 0 aromatic heterocycles. The van der Waals surface area contributed by atoms with Gasteiger partial charge in [0, 0.05) is 32.7 Å². The number of methoxy groups -OCH3 is 1. The molecular weight excluding hydrogens is 343 g/mol. The number of benzene rings is 2. The zero-order chi connectivity index (χ0) is 17.9. The topological polar surface area (TPSA) is 49.9 Å². The van der Waals surface area contributed by atoms with Crippen LogP contribution < -0.4 is 4.74 Å². The van der Waals surface area contributed by atoms with E-state index in [1.165, 1.54) is 28.6 Å². The number of halogens is 1. The fourth-order valence-electron chi connectivity index (χ4n) is 2.95. The Labute approximate surface area is 147 Å². The van der Waals surface area contributed by atoms with Crippen molar-refractivity contribution in [1.29, 1.82) is 0 Å². The summed E-state index contributed by atoms with van der Waals surface area (Å²) in [6, 6.07) is 13.3. The minimum absolute atomic E-state index is 0.253. The number of hydrogen-bond donors (Lipinski definition) is 0. The van der Waals surface area contributed by atoms with Crippen LogP contribution in [-0.2, 0) is 16.6 Å². The van der Waals surface area contributed by atoms with Crippen LogP contribution >= 0.6 is 0 Å². The van der Waals surface area contributed by atoms with Crippen molar-refractivity contribution in [1.82, 2.24) is 9.21 Å². The van der Waals surface area contributed by atoms with Gasteiger partial charge in [0.25, 0.3) is 0 Å². The molecule has 0 bridgehead atoms. The summed E-state index contributed by atoms with van der Waals surface area (Å²) in [5.74, 6) is 0.0968. The Bertz CT molecular complexity index is 834. The normalized spacial score (nSPS) is 16.7. The largest absolute Gasteiger partial charge is 0.497 e. The molecule has 0 radical (unpaired) electrons. The quantitative estimate of drug-likeness (QED) is 0.817. The number of nitrogens with zero attached hydrogens (tertiary/aromatic N) is 2. The van der Waals surface area contributed by atoms with E-state index in [0.29, 0.717) is 26.2 Å². The summed E-state index contributed by atoms with van der Waals surface area (Å²) in [5, 5.41) is 0. The first-order chi connectivity index (χ1) is 12.0. The lowest BCUT2D eigenvalue weighted by Gasteiger charge is -2.34.